The molecule has 0 aliphatic heterocycles. The quantitative estimate of drug-likeness (QED) is 0.356. The number of carbonyl (C=O) groups is 2. The van der Waals surface area contributed by atoms with Crippen LogP contribution in [-0.2, 0) is 18.7 Å². The van der Waals surface area contributed by atoms with Crippen LogP contribution in [0.3, 0.4) is 0 Å². The van der Waals surface area contributed by atoms with Crippen LogP contribution in [0.5, 0.6) is 0 Å². The number of esters is 1. The monoisotopic (exact) mass is 513 g/mol. The Labute approximate surface area is 217 Å². The normalized spacial score (nSPS) is 14.0. The van der Waals surface area contributed by atoms with Gasteiger partial charge in [-0.3, -0.25) is 4.79 Å². The molecule has 6 nitrogen and oxygen atoms in total. The average Bonchev–Trinajstić information content (AvgIpc) is 2.81. The van der Waals surface area contributed by atoms with Crippen LogP contribution in [0.2, 0.25) is 5.04 Å². The molecule has 0 saturated carbocycles. The summed E-state index contributed by atoms with van der Waals surface area (Å²) < 4.78 is 17.5. The zero-order chi connectivity index (χ0) is 27.0. The Balaban J connectivity index is 2.41. The highest BCUT2D eigenvalue weighted by molar-refractivity contribution is 6.99. The number of amides is 1. The van der Waals surface area contributed by atoms with Crippen molar-refractivity contribution in [2.75, 3.05) is 13.7 Å². The Kier molecular flexibility index (Phi) is 10.3. The van der Waals surface area contributed by atoms with E-state index in [2.05, 4.69) is 50.4 Å². The predicted octanol–water partition coefficient (Wildman–Crippen LogP) is 5.05. The number of benzene rings is 2. The summed E-state index contributed by atoms with van der Waals surface area (Å²) in [6.07, 6.45) is 0.407. The minimum atomic E-state index is -2.73. The van der Waals surface area contributed by atoms with E-state index in [0.29, 0.717) is 19.4 Å². The smallest absolute Gasteiger partial charge is 0.407 e. The maximum Gasteiger partial charge on any atom is 0.407 e. The molecule has 0 saturated heterocycles. The lowest BCUT2D eigenvalue weighted by molar-refractivity contribution is -0.146. The minimum absolute atomic E-state index is 0.170. The van der Waals surface area contributed by atoms with Gasteiger partial charge in [-0.05, 0) is 49.0 Å². The highest BCUT2D eigenvalue weighted by Gasteiger charge is 2.50. The van der Waals surface area contributed by atoms with Crippen LogP contribution < -0.4 is 15.7 Å². The lowest BCUT2D eigenvalue weighted by Crippen LogP contribution is -2.66. The number of rotatable bonds is 10. The van der Waals surface area contributed by atoms with Crippen LogP contribution in [0.4, 0.5) is 4.79 Å². The third kappa shape index (κ3) is 7.43. The lowest BCUT2D eigenvalue weighted by atomic mass is 9.94. The number of hydrogen-bond acceptors (Lipinski definition) is 5. The fourth-order valence-electron chi connectivity index (χ4n) is 4.70. The van der Waals surface area contributed by atoms with Crippen molar-refractivity contribution in [3.05, 3.63) is 60.7 Å². The van der Waals surface area contributed by atoms with E-state index < -0.39 is 32.0 Å². The molecule has 0 aromatic heterocycles. The van der Waals surface area contributed by atoms with Gasteiger partial charge in [-0.1, -0.05) is 88.4 Å². The van der Waals surface area contributed by atoms with Gasteiger partial charge in [-0.25, -0.2) is 4.79 Å². The second-order valence-electron chi connectivity index (χ2n) is 11.1. The molecule has 198 valence electrons. The van der Waals surface area contributed by atoms with Gasteiger partial charge in [0.1, 0.15) is 5.60 Å². The van der Waals surface area contributed by atoms with Crippen LogP contribution in [0, 0.1) is 5.92 Å². The predicted molar refractivity (Wildman–Crippen MR) is 147 cm³/mol. The van der Waals surface area contributed by atoms with Crippen molar-refractivity contribution < 1.29 is 23.5 Å². The van der Waals surface area contributed by atoms with Crippen molar-refractivity contribution >= 4 is 30.8 Å². The van der Waals surface area contributed by atoms with Crippen molar-refractivity contribution in [1.82, 2.24) is 5.32 Å². The Morgan fingerprint density at radius 1 is 0.889 bits per heavy atom. The number of methoxy groups -OCH3 is 1. The van der Waals surface area contributed by atoms with E-state index in [1.54, 1.807) is 0 Å². The Hall–Kier alpha value is -2.64. The fourth-order valence-corrected chi connectivity index (χ4v) is 9.28. The first-order chi connectivity index (χ1) is 16.9. The van der Waals surface area contributed by atoms with Crippen LogP contribution >= 0.6 is 0 Å². The van der Waals surface area contributed by atoms with Gasteiger partial charge in [0.05, 0.1) is 13.0 Å². The zero-order valence-corrected chi connectivity index (χ0v) is 24.1. The molecule has 0 aliphatic carbocycles. The van der Waals surface area contributed by atoms with E-state index in [-0.39, 0.29) is 11.0 Å². The van der Waals surface area contributed by atoms with Gasteiger partial charge in [-0.2, -0.15) is 0 Å². The first kappa shape index (κ1) is 29.6. The van der Waals surface area contributed by atoms with E-state index in [1.807, 2.05) is 64.1 Å². The first-order valence-corrected chi connectivity index (χ1v) is 14.6. The summed E-state index contributed by atoms with van der Waals surface area (Å²) in [6, 6.07) is 20.3. The van der Waals surface area contributed by atoms with Crippen molar-refractivity contribution in [2.24, 2.45) is 5.92 Å². The third-order valence-corrected chi connectivity index (χ3v) is 11.3. The fraction of sp³-hybridized carbons (Fsp3) is 0.517. The van der Waals surface area contributed by atoms with E-state index in [4.69, 9.17) is 13.9 Å². The highest BCUT2D eigenvalue weighted by atomic mass is 28.4. The molecule has 0 heterocycles. The molecule has 1 N–H and O–H groups in total. The van der Waals surface area contributed by atoms with Crippen LogP contribution in [-0.4, -0.2) is 45.7 Å². The molecule has 0 aliphatic rings. The molecule has 2 atom stereocenters. The Morgan fingerprint density at radius 2 is 1.39 bits per heavy atom. The van der Waals surface area contributed by atoms with E-state index in [0.717, 1.165) is 0 Å². The standard InChI is InChI=1S/C29H43NO5Si/c1-9-24(26(31)33-8)25(30-27(32)35-28(2,3)4)20-21-34-36(29(5,6)7,22-16-12-10-13-17-22)23-18-14-11-15-19-23/h10-19,24-25H,9,20-21H2,1-8H3,(H,30,32)/t24-,25-/m0/s1. The maximum atomic E-state index is 12.6. The molecule has 2 aromatic carbocycles. The van der Waals surface area contributed by atoms with Crippen molar-refractivity contribution in [3.63, 3.8) is 0 Å². The summed E-state index contributed by atoms with van der Waals surface area (Å²) in [4.78, 5) is 25.2. The van der Waals surface area contributed by atoms with Gasteiger partial charge < -0.3 is 19.2 Å². The average molecular weight is 514 g/mol. The summed E-state index contributed by atoms with van der Waals surface area (Å²) in [6.45, 7) is 14.4. The van der Waals surface area contributed by atoms with E-state index in [1.165, 1.54) is 17.5 Å². The topological polar surface area (TPSA) is 73.9 Å². The van der Waals surface area contributed by atoms with Gasteiger partial charge >= 0.3 is 12.1 Å². The number of hydrogen-bond donors (Lipinski definition) is 1. The zero-order valence-electron chi connectivity index (χ0n) is 23.1. The van der Waals surface area contributed by atoms with Crippen molar-refractivity contribution in [2.45, 2.75) is 78.0 Å². The second-order valence-corrected chi connectivity index (χ2v) is 15.4. The molecule has 0 radical (unpaired) electrons. The minimum Gasteiger partial charge on any atom is -0.469 e. The third-order valence-electron chi connectivity index (χ3n) is 6.30. The van der Waals surface area contributed by atoms with Gasteiger partial charge in [0.2, 0.25) is 0 Å². The van der Waals surface area contributed by atoms with Gasteiger partial charge in [-0.15, -0.1) is 0 Å². The van der Waals surface area contributed by atoms with Gasteiger partial charge in [0.15, 0.2) is 0 Å². The second kappa shape index (κ2) is 12.5. The Morgan fingerprint density at radius 3 is 1.78 bits per heavy atom. The summed E-state index contributed by atoms with van der Waals surface area (Å²) in [5.74, 6) is -0.866. The molecule has 0 unspecified atom stereocenters. The summed E-state index contributed by atoms with van der Waals surface area (Å²) >= 11 is 0. The molecule has 1 amide bonds. The molecular formula is C29H43NO5Si. The van der Waals surface area contributed by atoms with E-state index >= 15 is 0 Å². The number of ether oxygens (including phenoxy) is 2. The van der Waals surface area contributed by atoms with Crippen LogP contribution in [0.25, 0.3) is 0 Å². The van der Waals surface area contributed by atoms with E-state index in [9.17, 15) is 9.59 Å². The summed E-state index contributed by atoms with van der Waals surface area (Å²) in [5.41, 5.74) is -0.646. The maximum absolute atomic E-state index is 12.6. The Bertz CT molecular complexity index is 927. The lowest BCUT2D eigenvalue weighted by Gasteiger charge is -2.43. The highest BCUT2D eigenvalue weighted by Crippen LogP contribution is 2.37. The number of nitrogens with one attached hydrogen (secondary N) is 1. The molecule has 36 heavy (non-hydrogen) atoms. The molecule has 0 bridgehead atoms. The summed E-state index contributed by atoms with van der Waals surface area (Å²) in [7, 11) is -1.37. The van der Waals surface area contributed by atoms with Crippen LogP contribution in [0.1, 0.15) is 61.3 Å². The SMILES string of the molecule is CC[C@H](C(=O)OC)[C@H](CCO[Si](c1ccccc1)(c1ccccc1)C(C)(C)C)NC(=O)OC(C)(C)C. The first-order valence-electron chi connectivity index (χ1n) is 12.7. The number of alkyl carbamates (subject to hydrolysis) is 1. The largest absolute Gasteiger partial charge is 0.469 e. The molecular weight excluding hydrogens is 470 g/mol. The van der Waals surface area contributed by atoms with Crippen LogP contribution in [0.15, 0.2) is 60.7 Å². The summed E-state index contributed by atoms with van der Waals surface area (Å²) in [5, 5.41) is 5.11. The molecule has 7 heteroatoms. The van der Waals surface area contributed by atoms with Gasteiger partial charge in [0.25, 0.3) is 8.32 Å². The molecule has 0 spiro atoms. The van der Waals surface area contributed by atoms with Gasteiger partial charge in [0, 0.05) is 12.6 Å². The molecule has 2 aromatic rings. The number of carbonyl (C=O) groups excluding carboxylic acids is 2. The van der Waals surface area contributed by atoms with Crippen molar-refractivity contribution in [1.29, 1.82) is 0 Å². The molecule has 2 rings (SSSR count). The molecule has 0 fully saturated rings. The van der Waals surface area contributed by atoms with Crippen molar-refractivity contribution in [3.8, 4) is 0 Å².